The minimum atomic E-state index is -0.317. The van der Waals surface area contributed by atoms with Gasteiger partial charge in [0, 0.05) is 25.5 Å². The zero-order valence-electron chi connectivity index (χ0n) is 15.9. The van der Waals surface area contributed by atoms with Gasteiger partial charge in [0.15, 0.2) is 5.96 Å². The van der Waals surface area contributed by atoms with E-state index in [4.69, 9.17) is 0 Å². The molecule has 3 rings (SSSR count). The van der Waals surface area contributed by atoms with Gasteiger partial charge in [-0.05, 0) is 49.2 Å². The fraction of sp³-hybridized carbons (Fsp3) is 0.238. The van der Waals surface area contributed by atoms with Crippen LogP contribution in [-0.4, -0.2) is 22.1 Å². The van der Waals surface area contributed by atoms with Gasteiger partial charge in [0.1, 0.15) is 17.5 Å². The molecule has 1 heterocycles. The molecule has 0 radical (unpaired) electrons. The molecule has 0 aliphatic rings. The van der Waals surface area contributed by atoms with Crippen LogP contribution in [0.5, 0.6) is 0 Å². The van der Waals surface area contributed by atoms with Crippen molar-refractivity contribution in [2.75, 3.05) is 6.54 Å². The van der Waals surface area contributed by atoms with E-state index in [2.05, 4.69) is 20.6 Å². The van der Waals surface area contributed by atoms with Crippen LogP contribution in [0.1, 0.15) is 23.9 Å². The number of guanidine groups is 1. The molecule has 0 aliphatic heterocycles. The number of nitrogens with one attached hydrogen (secondary N) is 2. The van der Waals surface area contributed by atoms with Gasteiger partial charge in [0.2, 0.25) is 0 Å². The van der Waals surface area contributed by atoms with Gasteiger partial charge in [-0.15, -0.1) is 0 Å². The summed E-state index contributed by atoms with van der Waals surface area (Å²) in [5, 5.41) is 6.31. The first kappa shape index (κ1) is 19.5. The van der Waals surface area contributed by atoms with Gasteiger partial charge in [0.25, 0.3) is 0 Å². The number of benzene rings is 2. The Morgan fingerprint density at radius 3 is 2.64 bits per heavy atom. The molecular formula is C21H23F2N5. The summed E-state index contributed by atoms with van der Waals surface area (Å²) in [5.74, 6) is 0.710. The maximum absolute atomic E-state index is 14.5. The molecule has 5 nitrogen and oxygen atoms in total. The predicted octanol–water partition coefficient (Wildman–Crippen LogP) is 3.71. The van der Waals surface area contributed by atoms with E-state index in [1.54, 1.807) is 29.1 Å². The van der Waals surface area contributed by atoms with Crippen LogP contribution in [0.4, 0.5) is 8.78 Å². The standard InChI is InChI=1S/C21H23F2N5/c1-3-24-21(26-13-16-5-4-6-18(22)11-16)27-14-17-7-8-20(19(23)12-17)28-10-9-25-15(28)2/h4-12H,3,13-14H2,1-2H3,(H2,24,26,27). The molecule has 146 valence electrons. The number of imidazole rings is 1. The Hall–Kier alpha value is -3.22. The van der Waals surface area contributed by atoms with Crippen molar-refractivity contribution in [2.24, 2.45) is 4.99 Å². The Kier molecular flexibility index (Phi) is 6.37. The molecule has 2 aromatic carbocycles. The number of aryl methyl sites for hydroxylation is 1. The van der Waals surface area contributed by atoms with Gasteiger partial charge in [-0.2, -0.15) is 0 Å². The average Bonchev–Trinajstić information content (AvgIpc) is 3.10. The normalized spacial score (nSPS) is 11.5. The topological polar surface area (TPSA) is 54.2 Å². The zero-order chi connectivity index (χ0) is 19.9. The minimum absolute atomic E-state index is 0.283. The summed E-state index contributed by atoms with van der Waals surface area (Å²) < 4.78 is 29.5. The molecule has 0 bridgehead atoms. The third-order valence-corrected chi connectivity index (χ3v) is 4.21. The van der Waals surface area contributed by atoms with E-state index in [0.717, 1.165) is 17.0 Å². The van der Waals surface area contributed by atoms with Crippen LogP contribution >= 0.6 is 0 Å². The highest BCUT2D eigenvalue weighted by Crippen LogP contribution is 2.16. The first-order chi connectivity index (χ1) is 13.6. The van der Waals surface area contributed by atoms with Gasteiger partial charge in [-0.3, -0.25) is 0 Å². The lowest BCUT2D eigenvalue weighted by molar-refractivity contribution is 0.613. The molecule has 0 unspecified atom stereocenters. The molecule has 3 aromatic rings. The van der Waals surface area contributed by atoms with Gasteiger partial charge in [-0.1, -0.05) is 18.2 Å². The molecule has 0 amide bonds. The Morgan fingerprint density at radius 1 is 1.11 bits per heavy atom. The van der Waals surface area contributed by atoms with Gasteiger partial charge >= 0.3 is 0 Å². The van der Waals surface area contributed by atoms with E-state index in [-0.39, 0.29) is 11.6 Å². The summed E-state index contributed by atoms with van der Waals surface area (Å²) in [6.45, 7) is 5.23. The Bertz CT molecular complexity index is 965. The fourth-order valence-electron chi connectivity index (χ4n) is 2.82. The monoisotopic (exact) mass is 383 g/mol. The first-order valence-corrected chi connectivity index (χ1v) is 9.12. The summed E-state index contributed by atoms with van der Waals surface area (Å²) in [4.78, 5) is 8.58. The van der Waals surface area contributed by atoms with Gasteiger partial charge < -0.3 is 15.2 Å². The van der Waals surface area contributed by atoms with Crippen LogP contribution in [0.25, 0.3) is 5.69 Å². The number of nitrogens with zero attached hydrogens (tertiary/aromatic N) is 3. The SMILES string of the molecule is CCNC(=NCc1cccc(F)c1)NCc1ccc(-n2ccnc2C)c(F)c1. The van der Waals surface area contributed by atoms with Crippen LogP contribution in [-0.2, 0) is 13.1 Å². The van der Waals surface area contributed by atoms with Crippen molar-refractivity contribution < 1.29 is 8.78 Å². The average molecular weight is 383 g/mol. The lowest BCUT2D eigenvalue weighted by Crippen LogP contribution is -2.36. The molecular weight excluding hydrogens is 360 g/mol. The number of hydrogen-bond donors (Lipinski definition) is 2. The molecule has 0 saturated heterocycles. The second kappa shape index (κ2) is 9.12. The molecule has 0 saturated carbocycles. The highest BCUT2D eigenvalue weighted by molar-refractivity contribution is 5.79. The summed E-state index contributed by atoms with van der Waals surface area (Å²) in [7, 11) is 0. The van der Waals surface area contributed by atoms with Crippen LogP contribution in [0, 0.1) is 18.6 Å². The van der Waals surface area contributed by atoms with Gasteiger partial charge in [0.05, 0.1) is 12.2 Å². The fourth-order valence-corrected chi connectivity index (χ4v) is 2.82. The smallest absolute Gasteiger partial charge is 0.191 e. The maximum Gasteiger partial charge on any atom is 0.191 e. The largest absolute Gasteiger partial charge is 0.357 e. The van der Waals surface area contributed by atoms with E-state index in [0.29, 0.717) is 31.3 Å². The lowest BCUT2D eigenvalue weighted by atomic mass is 10.2. The van der Waals surface area contributed by atoms with E-state index >= 15 is 0 Å². The number of hydrogen-bond acceptors (Lipinski definition) is 2. The van der Waals surface area contributed by atoms with Crippen molar-refractivity contribution in [2.45, 2.75) is 26.9 Å². The molecule has 0 fully saturated rings. The molecule has 0 aliphatic carbocycles. The molecule has 1 aromatic heterocycles. The van der Waals surface area contributed by atoms with Crippen molar-refractivity contribution in [3.8, 4) is 5.69 Å². The van der Waals surface area contributed by atoms with Crippen LogP contribution in [0.3, 0.4) is 0 Å². The first-order valence-electron chi connectivity index (χ1n) is 9.12. The summed E-state index contributed by atoms with van der Waals surface area (Å²) >= 11 is 0. The maximum atomic E-state index is 14.5. The number of aromatic nitrogens is 2. The lowest BCUT2D eigenvalue weighted by Gasteiger charge is -2.13. The highest BCUT2D eigenvalue weighted by atomic mass is 19.1. The van der Waals surface area contributed by atoms with Crippen LogP contribution < -0.4 is 10.6 Å². The van der Waals surface area contributed by atoms with E-state index < -0.39 is 0 Å². The number of rotatable bonds is 6. The second-order valence-corrected chi connectivity index (χ2v) is 6.31. The minimum Gasteiger partial charge on any atom is -0.357 e. The number of aliphatic imine (C=N–C) groups is 1. The molecule has 0 spiro atoms. The Morgan fingerprint density at radius 2 is 1.96 bits per heavy atom. The van der Waals surface area contributed by atoms with E-state index in [1.807, 2.05) is 26.0 Å². The van der Waals surface area contributed by atoms with Crippen molar-refractivity contribution >= 4 is 5.96 Å². The zero-order valence-corrected chi connectivity index (χ0v) is 15.9. The van der Waals surface area contributed by atoms with Crippen molar-refractivity contribution in [1.82, 2.24) is 20.2 Å². The molecule has 7 heteroatoms. The number of halogens is 2. The van der Waals surface area contributed by atoms with Gasteiger partial charge in [-0.25, -0.2) is 18.8 Å². The molecule has 28 heavy (non-hydrogen) atoms. The van der Waals surface area contributed by atoms with Crippen LogP contribution in [0.15, 0.2) is 59.9 Å². The summed E-state index contributed by atoms with van der Waals surface area (Å²) in [6.07, 6.45) is 3.37. The molecule has 2 N–H and O–H groups in total. The van der Waals surface area contributed by atoms with Crippen molar-refractivity contribution in [3.63, 3.8) is 0 Å². The summed E-state index contributed by atoms with van der Waals surface area (Å²) in [6, 6.07) is 11.4. The molecule has 0 atom stereocenters. The third kappa shape index (κ3) is 4.94. The highest BCUT2D eigenvalue weighted by Gasteiger charge is 2.08. The van der Waals surface area contributed by atoms with Crippen molar-refractivity contribution in [3.05, 3.63) is 83.4 Å². The van der Waals surface area contributed by atoms with Crippen LogP contribution in [0.2, 0.25) is 0 Å². The van der Waals surface area contributed by atoms with Crippen molar-refractivity contribution in [1.29, 1.82) is 0 Å². The Balaban J connectivity index is 1.67. The summed E-state index contributed by atoms with van der Waals surface area (Å²) in [5.41, 5.74) is 2.03. The van der Waals surface area contributed by atoms with E-state index in [9.17, 15) is 8.78 Å². The second-order valence-electron chi connectivity index (χ2n) is 6.31. The predicted molar refractivity (Wildman–Crippen MR) is 106 cm³/mol. The Labute approximate surface area is 163 Å². The third-order valence-electron chi connectivity index (χ3n) is 4.21. The van der Waals surface area contributed by atoms with E-state index in [1.165, 1.54) is 18.2 Å². The quantitative estimate of drug-likeness (QED) is 0.504.